The van der Waals surface area contributed by atoms with E-state index in [1.54, 1.807) is 4.90 Å². The maximum absolute atomic E-state index is 12.8. The summed E-state index contributed by atoms with van der Waals surface area (Å²) in [6, 6.07) is 5.47. The highest BCUT2D eigenvalue weighted by Crippen LogP contribution is 2.28. The summed E-state index contributed by atoms with van der Waals surface area (Å²) in [6.45, 7) is 3.99. The van der Waals surface area contributed by atoms with Gasteiger partial charge in [0.05, 0.1) is 0 Å². The lowest BCUT2D eigenvalue weighted by Crippen LogP contribution is -2.52. The van der Waals surface area contributed by atoms with Crippen LogP contribution in [0.15, 0.2) is 18.2 Å². The number of likely N-dealkylation sites (N-methyl/N-ethyl adjacent to an activating group) is 1. The Morgan fingerprint density at radius 2 is 2.12 bits per heavy atom. The SMILES string of the molecule is CCC(N)CN(C)Cc1ccc2c(c1)C(=O)N(C1CCC(=O)NC1=O)C2. The molecule has 2 aliphatic heterocycles. The topological polar surface area (TPSA) is 95.7 Å². The van der Waals surface area contributed by atoms with E-state index in [0.29, 0.717) is 25.1 Å². The molecular formula is C19H26N4O3. The summed E-state index contributed by atoms with van der Waals surface area (Å²) in [5.41, 5.74) is 8.63. The second-order valence-corrected chi connectivity index (χ2v) is 7.26. The number of carbonyl (C=O) groups excluding carboxylic acids is 3. The fourth-order valence-corrected chi connectivity index (χ4v) is 3.61. The first kappa shape index (κ1) is 18.5. The monoisotopic (exact) mass is 358 g/mol. The molecule has 1 aromatic carbocycles. The Morgan fingerprint density at radius 1 is 1.35 bits per heavy atom. The van der Waals surface area contributed by atoms with E-state index in [2.05, 4.69) is 17.1 Å². The van der Waals surface area contributed by atoms with Gasteiger partial charge in [-0.2, -0.15) is 0 Å². The molecule has 2 atom stereocenters. The Hall–Kier alpha value is -2.25. The van der Waals surface area contributed by atoms with E-state index < -0.39 is 6.04 Å². The molecule has 3 N–H and O–H groups in total. The molecule has 3 amide bonds. The third-order valence-electron chi connectivity index (χ3n) is 5.12. The Balaban J connectivity index is 1.71. The van der Waals surface area contributed by atoms with Gasteiger partial charge in [-0.25, -0.2) is 0 Å². The van der Waals surface area contributed by atoms with Crippen molar-refractivity contribution in [3.8, 4) is 0 Å². The van der Waals surface area contributed by atoms with Crippen LogP contribution >= 0.6 is 0 Å². The van der Waals surface area contributed by atoms with Gasteiger partial charge in [0.25, 0.3) is 5.91 Å². The summed E-state index contributed by atoms with van der Waals surface area (Å²) in [5, 5.41) is 2.32. The fraction of sp³-hybridized carbons (Fsp3) is 0.526. The summed E-state index contributed by atoms with van der Waals surface area (Å²) in [4.78, 5) is 40.0. The standard InChI is InChI=1S/C19H26N4O3/c1-3-14(20)11-22(2)9-12-4-5-13-10-23(19(26)15(13)8-12)16-6-7-17(24)21-18(16)25/h4-5,8,14,16H,3,6-7,9-11,20H2,1-2H3,(H,21,24,25). The van der Waals surface area contributed by atoms with Crippen molar-refractivity contribution in [3.63, 3.8) is 0 Å². The molecule has 0 aromatic heterocycles. The molecule has 0 bridgehead atoms. The van der Waals surface area contributed by atoms with E-state index in [0.717, 1.165) is 24.1 Å². The van der Waals surface area contributed by atoms with Crippen molar-refractivity contribution < 1.29 is 14.4 Å². The Morgan fingerprint density at radius 3 is 2.81 bits per heavy atom. The molecule has 7 heteroatoms. The lowest BCUT2D eigenvalue weighted by Gasteiger charge is -2.29. The van der Waals surface area contributed by atoms with E-state index >= 15 is 0 Å². The van der Waals surface area contributed by atoms with E-state index in [9.17, 15) is 14.4 Å². The average Bonchev–Trinajstić information content (AvgIpc) is 2.91. The minimum Gasteiger partial charge on any atom is -0.327 e. The first-order chi connectivity index (χ1) is 12.4. The van der Waals surface area contributed by atoms with Crippen molar-refractivity contribution in [2.75, 3.05) is 13.6 Å². The summed E-state index contributed by atoms with van der Waals surface area (Å²) >= 11 is 0. The van der Waals surface area contributed by atoms with Crippen LogP contribution in [0, 0.1) is 0 Å². The van der Waals surface area contributed by atoms with Crippen molar-refractivity contribution in [1.82, 2.24) is 15.1 Å². The summed E-state index contributed by atoms with van der Waals surface area (Å²) < 4.78 is 0. The van der Waals surface area contributed by atoms with Gasteiger partial charge in [0.1, 0.15) is 6.04 Å². The first-order valence-corrected chi connectivity index (χ1v) is 9.09. The number of hydrogen-bond donors (Lipinski definition) is 2. The quantitative estimate of drug-likeness (QED) is 0.727. The second-order valence-electron chi connectivity index (χ2n) is 7.26. The van der Waals surface area contributed by atoms with Gasteiger partial charge in [-0.3, -0.25) is 19.7 Å². The summed E-state index contributed by atoms with van der Waals surface area (Å²) in [7, 11) is 2.01. The molecule has 2 unspecified atom stereocenters. The molecule has 0 spiro atoms. The number of piperidine rings is 1. The fourth-order valence-electron chi connectivity index (χ4n) is 3.61. The van der Waals surface area contributed by atoms with Gasteiger partial charge in [0.15, 0.2) is 0 Å². The molecule has 0 saturated carbocycles. The van der Waals surface area contributed by atoms with Gasteiger partial charge in [0, 0.05) is 37.7 Å². The van der Waals surface area contributed by atoms with Gasteiger partial charge < -0.3 is 15.5 Å². The summed E-state index contributed by atoms with van der Waals surface area (Å²) in [6.07, 6.45) is 1.58. The lowest BCUT2D eigenvalue weighted by molar-refractivity contribution is -0.136. The smallest absolute Gasteiger partial charge is 0.255 e. The van der Waals surface area contributed by atoms with Gasteiger partial charge in [-0.05, 0) is 37.1 Å². The molecule has 3 rings (SSSR count). The predicted molar refractivity (Wildman–Crippen MR) is 97.1 cm³/mol. The highest BCUT2D eigenvalue weighted by molar-refractivity contribution is 6.05. The maximum Gasteiger partial charge on any atom is 0.255 e. The van der Waals surface area contributed by atoms with Crippen molar-refractivity contribution >= 4 is 17.7 Å². The molecule has 140 valence electrons. The Bertz CT molecular complexity index is 733. The average molecular weight is 358 g/mol. The molecule has 0 radical (unpaired) electrons. The van der Waals surface area contributed by atoms with Crippen molar-refractivity contribution in [1.29, 1.82) is 0 Å². The van der Waals surface area contributed by atoms with E-state index in [4.69, 9.17) is 5.73 Å². The minimum absolute atomic E-state index is 0.135. The largest absolute Gasteiger partial charge is 0.327 e. The molecule has 26 heavy (non-hydrogen) atoms. The third kappa shape index (κ3) is 3.78. The zero-order chi connectivity index (χ0) is 18.8. The van der Waals surface area contributed by atoms with Crippen molar-refractivity contribution in [2.45, 2.75) is 51.4 Å². The van der Waals surface area contributed by atoms with Crippen LogP contribution in [-0.2, 0) is 22.7 Å². The van der Waals surface area contributed by atoms with Gasteiger partial charge in [-0.1, -0.05) is 19.1 Å². The molecule has 7 nitrogen and oxygen atoms in total. The predicted octanol–water partition coefficient (Wildman–Crippen LogP) is 0.617. The first-order valence-electron chi connectivity index (χ1n) is 9.09. The number of amides is 3. The van der Waals surface area contributed by atoms with Crippen LogP contribution in [0.5, 0.6) is 0 Å². The van der Waals surface area contributed by atoms with Crippen LogP contribution in [0.2, 0.25) is 0 Å². The van der Waals surface area contributed by atoms with Gasteiger partial charge >= 0.3 is 0 Å². The van der Waals surface area contributed by atoms with Crippen LogP contribution in [0.4, 0.5) is 0 Å². The highest BCUT2D eigenvalue weighted by atomic mass is 16.2. The highest BCUT2D eigenvalue weighted by Gasteiger charge is 2.39. The molecule has 1 aromatic rings. The number of nitrogens with zero attached hydrogens (tertiary/aromatic N) is 2. The van der Waals surface area contributed by atoms with E-state index in [1.165, 1.54) is 0 Å². The van der Waals surface area contributed by atoms with Crippen LogP contribution < -0.4 is 11.1 Å². The number of carbonyl (C=O) groups is 3. The molecule has 2 heterocycles. The number of fused-ring (bicyclic) bond motifs is 1. The van der Waals surface area contributed by atoms with Gasteiger partial charge in [0.2, 0.25) is 11.8 Å². The maximum atomic E-state index is 12.8. The van der Waals surface area contributed by atoms with Crippen molar-refractivity contribution in [2.24, 2.45) is 5.73 Å². The normalized spacial score (nSPS) is 21.2. The molecule has 0 aliphatic carbocycles. The van der Waals surface area contributed by atoms with Crippen LogP contribution in [-0.4, -0.2) is 53.2 Å². The molecular weight excluding hydrogens is 332 g/mol. The van der Waals surface area contributed by atoms with E-state index in [1.807, 2.05) is 25.2 Å². The zero-order valence-corrected chi connectivity index (χ0v) is 15.3. The van der Waals surface area contributed by atoms with Crippen molar-refractivity contribution in [3.05, 3.63) is 34.9 Å². The van der Waals surface area contributed by atoms with Crippen LogP contribution in [0.3, 0.4) is 0 Å². The van der Waals surface area contributed by atoms with Crippen LogP contribution in [0.1, 0.15) is 47.7 Å². The van der Waals surface area contributed by atoms with Gasteiger partial charge in [-0.15, -0.1) is 0 Å². The number of nitrogens with one attached hydrogen (secondary N) is 1. The van der Waals surface area contributed by atoms with E-state index in [-0.39, 0.29) is 30.2 Å². The number of hydrogen-bond acceptors (Lipinski definition) is 5. The number of benzene rings is 1. The minimum atomic E-state index is -0.568. The second kappa shape index (κ2) is 7.55. The number of rotatable bonds is 6. The molecule has 1 saturated heterocycles. The number of nitrogens with two attached hydrogens (primary N) is 1. The van der Waals surface area contributed by atoms with Crippen LogP contribution in [0.25, 0.3) is 0 Å². The molecule has 1 fully saturated rings. The zero-order valence-electron chi connectivity index (χ0n) is 15.3. The number of imide groups is 1. The summed E-state index contributed by atoms with van der Waals surface area (Å²) in [5.74, 6) is -0.786. The third-order valence-corrected chi connectivity index (χ3v) is 5.12. The Labute approximate surface area is 153 Å². The lowest BCUT2D eigenvalue weighted by atomic mass is 10.0. The Kier molecular flexibility index (Phi) is 5.38. The molecule has 2 aliphatic rings.